The number of halogens is 1. The summed E-state index contributed by atoms with van der Waals surface area (Å²) in [6, 6.07) is 7.81. The molecule has 0 aliphatic heterocycles. The number of anilines is 1. The molecule has 0 spiro atoms. The molecular formula is C13H18ClN3O. The number of amides is 1. The number of nitrogens with one attached hydrogen (secondary N) is 2. The highest BCUT2D eigenvalue weighted by Gasteiger charge is 2.07. The molecule has 1 unspecified atom stereocenters. The van der Waals surface area contributed by atoms with Crippen molar-refractivity contribution >= 4 is 34.9 Å². The van der Waals surface area contributed by atoms with Crippen molar-refractivity contribution in [3.63, 3.8) is 0 Å². The average Bonchev–Trinajstić information content (AvgIpc) is 2.75. The number of carbonyl (C=O) groups excluding carboxylic acids is 1. The van der Waals surface area contributed by atoms with E-state index in [1.807, 2.05) is 37.4 Å². The van der Waals surface area contributed by atoms with Crippen LogP contribution in [-0.4, -0.2) is 16.9 Å². The molecule has 0 aliphatic rings. The van der Waals surface area contributed by atoms with Gasteiger partial charge in [0.05, 0.1) is 5.69 Å². The molecule has 2 aromatic rings. The van der Waals surface area contributed by atoms with Crippen molar-refractivity contribution in [1.29, 1.82) is 0 Å². The van der Waals surface area contributed by atoms with Crippen LogP contribution in [0.1, 0.15) is 19.8 Å². The summed E-state index contributed by atoms with van der Waals surface area (Å²) in [5, 5.41) is 3.94. The van der Waals surface area contributed by atoms with Gasteiger partial charge in [0, 0.05) is 29.6 Å². The lowest BCUT2D eigenvalue weighted by atomic mass is 10.1. The molecule has 2 rings (SSSR count). The number of benzene rings is 1. The minimum atomic E-state index is 0. The Morgan fingerprint density at radius 2 is 2.22 bits per heavy atom. The third-order valence-corrected chi connectivity index (χ3v) is 2.70. The standard InChI is InChI=1S/C13H17N3O.ClH/c1-9(14)5-6-13(17)16-12-4-2-3-11-10(12)7-8-15-11;/h2-4,7-9,15H,5-6,14H2,1H3,(H,16,17);1H. The third kappa shape index (κ3) is 3.48. The maximum atomic E-state index is 11.7. The smallest absolute Gasteiger partial charge is 0.224 e. The van der Waals surface area contributed by atoms with Crippen LogP contribution in [-0.2, 0) is 4.79 Å². The molecule has 0 bridgehead atoms. The number of fused-ring (bicyclic) bond motifs is 1. The molecule has 0 fully saturated rings. The van der Waals surface area contributed by atoms with Gasteiger partial charge >= 0.3 is 0 Å². The Balaban J connectivity index is 0.00000162. The lowest BCUT2D eigenvalue weighted by Gasteiger charge is -2.07. The number of hydrogen-bond acceptors (Lipinski definition) is 2. The quantitative estimate of drug-likeness (QED) is 0.797. The number of rotatable bonds is 4. The van der Waals surface area contributed by atoms with Crippen LogP contribution in [0.15, 0.2) is 30.5 Å². The van der Waals surface area contributed by atoms with E-state index < -0.39 is 0 Å². The van der Waals surface area contributed by atoms with Gasteiger partial charge in [-0.05, 0) is 31.5 Å². The fraction of sp³-hybridized carbons (Fsp3) is 0.308. The van der Waals surface area contributed by atoms with Crippen LogP contribution >= 0.6 is 12.4 Å². The Hall–Kier alpha value is -1.52. The Bertz CT molecular complexity index is 522. The largest absolute Gasteiger partial charge is 0.361 e. The molecule has 1 atom stereocenters. The zero-order valence-corrected chi connectivity index (χ0v) is 11.1. The van der Waals surface area contributed by atoms with Crippen molar-refractivity contribution < 1.29 is 4.79 Å². The molecule has 5 heteroatoms. The normalized spacial score (nSPS) is 11.9. The fourth-order valence-corrected chi connectivity index (χ4v) is 1.77. The highest BCUT2D eigenvalue weighted by atomic mass is 35.5. The Morgan fingerprint density at radius 3 is 2.94 bits per heavy atom. The van der Waals surface area contributed by atoms with Gasteiger partial charge in [-0.15, -0.1) is 12.4 Å². The van der Waals surface area contributed by atoms with Crippen molar-refractivity contribution in [2.75, 3.05) is 5.32 Å². The van der Waals surface area contributed by atoms with Crippen LogP contribution in [0.25, 0.3) is 10.9 Å². The second-order valence-corrected chi connectivity index (χ2v) is 4.31. The molecular weight excluding hydrogens is 250 g/mol. The summed E-state index contributed by atoms with van der Waals surface area (Å²) in [5.74, 6) is 0.0102. The van der Waals surface area contributed by atoms with E-state index in [-0.39, 0.29) is 24.4 Å². The predicted molar refractivity (Wildman–Crippen MR) is 77.1 cm³/mol. The first-order valence-corrected chi connectivity index (χ1v) is 5.78. The lowest BCUT2D eigenvalue weighted by Crippen LogP contribution is -2.19. The predicted octanol–water partition coefficient (Wildman–Crippen LogP) is 2.66. The maximum absolute atomic E-state index is 11.7. The minimum absolute atomic E-state index is 0. The van der Waals surface area contributed by atoms with Gasteiger partial charge in [-0.3, -0.25) is 4.79 Å². The average molecular weight is 268 g/mol. The van der Waals surface area contributed by atoms with E-state index in [1.165, 1.54) is 0 Å². The molecule has 1 amide bonds. The number of nitrogens with two attached hydrogens (primary N) is 1. The molecule has 1 aromatic heterocycles. The van der Waals surface area contributed by atoms with Gasteiger partial charge < -0.3 is 16.0 Å². The highest BCUT2D eigenvalue weighted by Crippen LogP contribution is 2.22. The molecule has 4 nitrogen and oxygen atoms in total. The summed E-state index contributed by atoms with van der Waals surface area (Å²) in [7, 11) is 0. The maximum Gasteiger partial charge on any atom is 0.224 e. The van der Waals surface area contributed by atoms with Gasteiger partial charge in [-0.25, -0.2) is 0 Å². The topological polar surface area (TPSA) is 70.9 Å². The van der Waals surface area contributed by atoms with Crippen LogP contribution in [0.2, 0.25) is 0 Å². The van der Waals surface area contributed by atoms with Gasteiger partial charge in [-0.1, -0.05) is 6.07 Å². The summed E-state index contributed by atoms with van der Waals surface area (Å²) in [5.41, 5.74) is 7.49. The summed E-state index contributed by atoms with van der Waals surface area (Å²) in [6.07, 6.45) is 3.02. The van der Waals surface area contributed by atoms with Crippen molar-refractivity contribution in [3.05, 3.63) is 30.5 Å². The summed E-state index contributed by atoms with van der Waals surface area (Å²) in [6.45, 7) is 1.90. The second kappa shape index (κ2) is 6.42. The van der Waals surface area contributed by atoms with Gasteiger partial charge in [0.15, 0.2) is 0 Å². The van der Waals surface area contributed by atoms with Gasteiger partial charge in [0.2, 0.25) is 5.91 Å². The monoisotopic (exact) mass is 267 g/mol. The van der Waals surface area contributed by atoms with E-state index >= 15 is 0 Å². The number of hydrogen-bond donors (Lipinski definition) is 3. The highest BCUT2D eigenvalue weighted by molar-refractivity contribution is 6.01. The van der Waals surface area contributed by atoms with Crippen molar-refractivity contribution in [2.45, 2.75) is 25.8 Å². The van der Waals surface area contributed by atoms with Crippen molar-refractivity contribution in [1.82, 2.24) is 4.98 Å². The summed E-state index contributed by atoms with van der Waals surface area (Å²) in [4.78, 5) is 14.8. The third-order valence-electron chi connectivity index (χ3n) is 2.70. The van der Waals surface area contributed by atoms with Gasteiger partial charge in [0.25, 0.3) is 0 Å². The molecule has 0 saturated heterocycles. The number of aromatic amines is 1. The van der Waals surface area contributed by atoms with Crippen LogP contribution in [0, 0.1) is 0 Å². The zero-order chi connectivity index (χ0) is 12.3. The van der Waals surface area contributed by atoms with Crippen LogP contribution in [0.5, 0.6) is 0 Å². The van der Waals surface area contributed by atoms with Crippen LogP contribution < -0.4 is 11.1 Å². The Morgan fingerprint density at radius 1 is 1.44 bits per heavy atom. The van der Waals surface area contributed by atoms with E-state index in [1.54, 1.807) is 0 Å². The molecule has 4 N–H and O–H groups in total. The first-order chi connectivity index (χ1) is 8.16. The zero-order valence-electron chi connectivity index (χ0n) is 10.3. The van der Waals surface area contributed by atoms with Crippen LogP contribution in [0.4, 0.5) is 5.69 Å². The molecule has 18 heavy (non-hydrogen) atoms. The minimum Gasteiger partial charge on any atom is -0.361 e. The first kappa shape index (κ1) is 14.5. The van der Waals surface area contributed by atoms with Gasteiger partial charge in [-0.2, -0.15) is 0 Å². The molecule has 1 aromatic carbocycles. The van der Waals surface area contributed by atoms with E-state index in [2.05, 4.69) is 10.3 Å². The van der Waals surface area contributed by atoms with E-state index in [0.717, 1.165) is 16.6 Å². The van der Waals surface area contributed by atoms with E-state index in [0.29, 0.717) is 12.8 Å². The van der Waals surface area contributed by atoms with Crippen molar-refractivity contribution in [2.24, 2.45) is 5.73 Å². The van der Waals surface area contributed by atoms with Crippen molar-refractivity contribution in [3.8, 4) is 0 Å². The summed E-state index contributed by atoms with van der Waals surface area (Å²) < 4.78 is 0. The Labute approximate surface area is 112 Å². The second-order valence-electron chi connectivity index (χ2n) is 4.31. The molecule has 0 aliphatic carbocycles. The Kier molecular flexibility index (Phi) is 5.19. The van der Waals surface area contributed by atoms with Gasteiger partial charge in [0.1, 0.15) is 0 Å². The molecule has 0 saturated carbocycles. The molecule has 1 heterocycles. The molecule has 98 valence electrons. The number of carbonyl (C=O) groups is 1. The molecule has 0 radical (unpaired) electrons. The fourth-order valence-electron chi connectivity index (χ4n) is 1.77. The SMILES string of the molecule is CC(N)CCC(=O)Nc1cccc2[nH]ccc12.Cl. The van der Waals surface area contributed by atoms with Crippen LogP contribution in [0.3, 0.4) is 0 Å². The number of aromatic nitrogens is 1. The number of H-pyrrole nitrogens is 1. The van der Waals surface area contributed by atoms with E-state index in [9.17, 15) is 4.79 Å². The van der Waals surface area contributed by atoms with E-state index in [4.69, 9.17) is 5.73 Å². The first-order valence-electron chi connectivity index (χ1n) is 5.78. The lowest BCUT2D eigenvalue weighted by molar-refractivity contribution is -0.116. The summed E-state index contributed by atoms with van der Waals surface area (Å²) >= 11 is 0.